The number of anilines is 2. The van der Waals surface area contributed by atoms with Crippen molar-refractivity contribution >= 4 is 27.6 Å². The number of carbonyl (C=O) groups is 1. The Labute approximate surface area is 178 Å². The topological polar surface area (TPSA) is 84.9 Å². The van der Waals surface area contributed by atoms with E-state index in [2.05, 4.69) is 15.4 Å². The van der Waals surface area contributed by atoms with E-state index in [1.54, 1.807) is 30.0 Å². The first-order valence-electron chi connectivity index (χ1n) is 9.56. The van der Waals surface area contributed by atoms with Crippen molar-refractivity contribution in [1.82, 2.24) is 0 Å². The maximum atomic E-state index is 12.9. The third-order valence-electron chi connectivity index (χ3n) is 5.01. The van der Waals surface area contributed by atoms with Gasteiger partial charge in [0, 0.05) is 23.5 Å². The third-order valence-corrected chi connectivity index (χ3v) is 6.07. The molecule has 0 aromatic heterocycles. The number of ether oxygens (including phenoxy) is 1. The molecule has 11 heteroatoms. The summed E-state index contributed by atoms with van der Waals surface area (Å²) in [5.74, 6) is 2.53. The van der Waals surface area contributed by atoms with E-state index in [-0.39, 0.29) is 26.0 Å². The highest BCUT2D eigenvalue weighted by Gasteiger charge is 2.49. The number of amides is 1. The van der Waals surface area contributed by atoms with Gasteiger partial charge in [0.05, 0.1) is 13.2 Å². The lowest BCUT2D eigenvalue weighted by atomic mass is 9.84. The molecule has 0 saturated carbocycles. The fraction of sp³-hybridized carbons (Fsp3) is 0.450. The van der Waals surface area contributed by atoms with Crippen LogP contribution in [0.25, 0.3) is 0 Å². The molecule has 1 unspecified atom stereocenters. The van der Waals surface area contributed by atoms with E-state index in [0.29, 0.717) is 35.4 Å². The number of benzene rings is 1. The number of rotatable bonds is 5. The predicted molar refractivity (Wildman–Crippen MR) is 108 cm³/mol. The highest BCUT2D eigenvalue weighted by molar-refractivity contribution is 7.87. The molecule has 1 N–H and O–H groups in total. The zero-order valence-electron chi connectivity index (χ0n) is 16.7. The van der Waals surface area contributed by atoms with Crippen molar-refractivity contribution in [2.75, 3.05) is 23.4 Å². The van der Waals surface area contributed by atoms with E-state index in [9.17, 15) is 26.4 Å². The summed E-state index contributed by atoms with van der Waals surface area (Å²) in [5, 5.41) is 2.57. The second-order valence-corrected chi connectivity index (χ2v) is 8.57. The second kappa shape index (κ2) is 8.80. The zero-order valence-corrected chi connectivity index (χ0v) is 17.5. The largest absolute Gasteiger partial charge is 0.523 e. The van der Waals surface area contributed by atoms with Gasteiger partial charge in [-0.15, -0.1) is 6.42 Å². The Hall–Kier alpha value is -2.71. The molecule has 1 heterocycles. The molecule has 1 aliphatic carbocycles. The monoisotopic (exact) mass is 458 g/mol. The molecule has 1 aromatic carbocycles. The van der Waals surface area contributed by atoms with Crippen LogP contribution in [-0.4, -0.2) is 39.3 Å². The molecule has 31 heavy (non-hydrogen) atoms. The number of carbonyl (C=O) groups excluding carboxylic acids is 1. The predicted octanol–water partition coefficient (Wildman–Crippen LogP) is 3.92. The van der Waals surface area contributed by atoms with Crippen LogP contribution in [0.2, 0.25) is 0 Å². The summed E-state index contributed by atoms with van der Waals surface area (Å²) < 4.78 is 71.3. The van der Waals surface area contributed by atoms with Crippen LogP contribution in [0.15, 0.2) is 29.5 Å². The number of nitrogens with zero attached hydrogens (tertiary/aromatic N) is 1. The van der Waals surface area contributed by atoms with Gasteiger partial charge < -0.3 is 9.64 Å². The Morgan fingerprint density at radius 2 is 2.13 bits per heavy atom. The Morgan fingerprint density at radius 1 is 1.39 bits per heavy atom. The maximum Gasteiger partial charge on any atom is 0.523 e. The minimum Gasteiger partial charge on any atom is -0.450 e. The van der Waals surface area contributed by atoms with E-state index in [0.717, 1.165) is 5.69 Å². The Bertz CT molecular complexity index is 1040. The normalized spacial score (nSPS) is 18.7. The molecule has 1 aliphatic heterocycles. The fourth-order valence-corrected chi connectivity index (χ4v) is 4.42. The summed E-state index contributed by atoms with van der Waals surface area (Å²) in [5.41, 5.74) is -2.56. The first-order valence-corrected chi connectivity index (χ1v) is 11.0. The number of halogens is 3. The van der Waals surface area contributed by atoms with Gasteiger partial charge in [-0.1, -0.05) is 5.92 Å². The lowest BCUT2D eigenvalue weighted by Gasteiger charge is -2.39. The molecule has 7 nitrogen and oxygen atoms in total. The number of allylic oxidation sites excluding steroid dienone is 1. The number of hydrogen-bond acceptors (Lipinski definition) is 6. The van der Waals surface area contributed by atoms with Crippen LogP contribution in [-0.2, 0) is 25.5 Å². The zero-order chi connectivity index (χ0) is 22.8. The molecule has 0 spiro atoms. The third kappa shape index (κ3) is 4.80. The molecule has 0 saturated heterocycles. The van der Waals surface area contributed by atoms with Crippen LogP contribution in [0.4, 0.5) is 29.3 Å². The van der Waals surface area contributed by atoms with Gasteiger partial charge in [-0.2, -0.15) is 21.6 Å². The number of hydrogen-bond donors (Lipinski definition) is 1. The van der Waals surface area contributed by atoms with Crippen molar-refractivity contribution in [2.45, 2.75) is 44.2 Å². The molecule has 0 fully saturated rings. The fourth-order valence-electron chi connectivity index (χ4n) is 3.79. The van der Waals surface area contributed by atoms with Crippen molar-refractivity contribution in [3.8, 4) is 12.3 Å². The second-order valence-electron chi connectivity index (χ2n) is 7.00. The van der Waals surface area contributed by atoms with E-state index < -0.39 is 27.8 Å². The minimum absolute atomic E-state index is 0.133. The smallest absolute Gasteiger partial charge is 0.450 e. The molecule has 1 atom stereocenters. The van der Waals surface area contributed by atoms with Crippen molar-refractivity contribution in [2.24, 2.45) is 0 Å². The van der Waals surface area contributed by atoms with Gasteiger partial charge >= 0.3 is 21.7 Å². The van der Waals surface area contributed by atoms with Crippen LogP contribution in [0.3, 0.4) is 0 Å². The minimum atomic E-state index is -5.75. The van der Waals surface area contributed by atoms with Gasteiger partial charge in [0.1, 0.15) is 6.10 Å². The summed E-state index contributed by atoms with van der Waals surface area (Å²) in [6.45, 7) is 2.00. The van der Waals surface area contributed by atoms with E-state index >= 15 is 0 Å². The molecular weight excluding hydrogens is 437 g/mol. The molecule has 3 rings (SSSR count). The van der Waals surface area contributed by atoms with Crippen molar-refractivity contribution in [3.63, 3.8) is 0 Å². The van der Waals surface area contributed by atoms with Crippen molar-refractivity contribution in [3.05, 3.63) is 35.0 Å². The lowest BCUT2D eigenvalue weighted by molar-refractivity contribution is -0.0567. The average Bonchev–Trinajstić information content (AvgIpc) is 2.67. The molecule has 0 radical (unpaired) electrons. The molecule has 2 aliphatic rings. The number of terminal acetylenes is 1. The van der Waals surface area contributed by atoms with Gasteiger partial charge in [0.15, 0.2) is 0 Å². The van der Waals surface area contributed by atoms with E-state index in [4.69, 9.17) is 11.2 Å². The number of fused-ring (bicyclic) bond motifs is 1. The molecule has 1 amide bonds. The maximum absolute atomic E-state index is 12.9. The molecule has 0 bridgehead atoms. The van der Waals surface area contributed by atoms with Gasteiger partial charge in [-0.3, -0.25) is 9.50 Å². The van der Waals surface area contributed by atoms with Gasteiger partial charge in [-0.25, -0.2) is 4.79 Å². The summed E-state index contributed by atoms with van der Waals surface area (Å²) in [7, 11) is -5.75. The highest BCUT2D eigenvalue weighted by Crippen LogP contribution is 2.42. The average molecular weight is 458 g/mol. The highest BCUT2D eigenvalue weighted by atomic mass is 32.2. The van der Waals surface area contributed by atoms with Gasteiger partial charge in [0.2, 0.25) is 0 Å². The number of nitrogens with one attached hydrogen (secondary N) is 1. The summed E-state index contributed by atoms with van der Waals surface area (Å²) in [4.78, 5) is 13.5. The Morgan fingerprint density at radius 3 is 2.77 bits per heavy atom. The number of alkyl halides is 3. The molecular formula is C20H21F3N2O5S. The van der Waals surface area contributed by atoms with Gasteiger partial charge in [-0.05, 0) is 55.5 Å². The van der Waals surface area contributed by atoms with Crippen LogP contribution in [0.1, 0.15) is 31.7 Å². The summed E-state index contributed by atoms with van der Waals surface area (Å²) in [6, 6.07) is 5.06. The van der Waals surface area contributed by atoms with Crippen molar-refractivity contribution in [1.29, 1.82) is 0 Å². The Kier molecular flexibility index (Phi) is 6.52. The van der Waals surface area contributed by atoms with Gasteiger partial charge in [0.25, 0.3) is 0 Å². The SMILES string of the molecule is C#CCN1C2=C(Cc3cc(NC(=O)OCC)ccc31)C(OS(=O)(=O)C(F)(F)F)CCC2. The molecule has 168 valence electrons. The molecule has 1 aromatic rings. The first kappa shape index (κ1) is 23.0. The van der Waals surface area contributed by atoms with Crippen LogP contribution >= 0.6 is 0 Å². The van der Waals surface area contributed by atoms with Crippen LogP contribution < -0.4 is 10.2 Å². The van der Waals surface area contributed by atoms with Crippen LogP contribution in [0, 0.1) is 12.3 Å². The van der Waals surface area contributed by atoms with E-state index in [1.807, 2.05) is 0 Å². The van der Waals surface area contributed by atoms with E-state index in [1.165, 1.54) is 0 Å². The summed E-state index contributed by atoms with van der Waals surface area (Å²) >= 11 is 0. The Balaban J connectivity index is 1.97. The lowest BCUT2D eigenvalue weighted by Crippen LogP contribution is -2.38. The van der Waals surface area contributed by atoms with Crippen molar-refractivity contribution < 1.29 is 35.3 Å². The summed E-state index contributed by atoms with van der Waals surface area (Å²) in [6.07, 6.45) is 4.90. The van der Waals surface area contributed by atoms with Crippen LogP contribution in [0.5, 0.6) is 0 Å². The standard InChI is InChI=1S/C20H21F3N2O5S/c1-3-10-25-16-9-8-14(24-19(26)29-4-2)11-13(16)12-15-17(25)6-5-7-18(15)30-31(27,28)20(21,22)23/h1,8-9,11,18H,4-7,10,12H2,2H3,(H,24,26). The first-order chi connectivity index (χ1) is 14.6. The quantitative estimate of drug-likeness (QED) is 0.409.